The Bertz CT molecular complexity index is 658. The van der Waals surface area contributed by atoms with Gasteiger partial charge in [0, 0.05) is 20.1 Å². The van der Waals surface area contributed by atoms with Crippen molar-refractivity contribution in [2.75, 3.05) is 13.2 Å². The van der Waals surface area contributed by atoms with Gasteiger partial charge >= 0.3 is 7.12 Å². The molecule has 1 aromatic carbocycles. The molecule has 0 saturated carbocycles. The van der Waals surface area contributed by atoms with Crippen LogP contribution in [0.4, 0.5) is 0 Å². The molecule has 0 N–H and O–H groups in total. The van der Waals surface area contributed by atoms with Crippen LogP contribution in [0.1, 0.15) is 58.8 Å². The fourth-order valence-electron chi connectivity index (χ4n) is 2.35. The van der Waals surface area contributed by atoms with Gasteiger partial charge in [-0.2, -0.15) is 0 Å². The molecule has 2 heterocycles. The Labute approximate surface area is 135 Å². The summed E-state index contributed by atoms with van der Waals surface area (Å²) in [5.74, 6) is -2.06. The summed E-state index contributed by atoms with van der Waals surface area (Å²) in [7, 11) is -0.557. The van der Waals surface area contributed by atoms with E-state index in [1.807, 2.05) is 27.7 Å². The lowest BCUT2D eigenvalue weighted by atomic mass is 9.78. The van der Waals surface area contributed by atoms with Crippen LogP contribution in [-0.4, -0.2) is 31.5 Å². The summed E-state index contributed by atoms with van der Waals surface area (Å²) >= 11 is 0. The van der Waals surface area contributed by atoms with Crippen LogP contribution in [-0.2, 0) is 14.0 Å². The van der Waals surface area contributed by atoms with Crippen molar-refractivity contribution < 1.29 is 20.9 Å². The summed E-state index contributed by atoms with van der Waals surface area (Å²) in [6, 6.07) is 6.62. The Morgan fingerprint density at radius 2 is 1.57 bits per heavy atom. The van der Waals surface area contributed by atoms with Crippen molar-refractivity contribution in [2.24, 2.45) is 0 Å². The quantitative estimate of drug-likeness (QED) is 0.785. The van der Waals surface area contributed by atoms with Gasteiger partial charge in [0.15, 0.2) is 0 Å². The van der Waals surface area contributed by atoms with Gasteiger partial charge in [-0.1, -0.05) is 24.3 Å². The van der Waals surface area contributed by atoms with Crippen LogP contribution in [0, 0.1) is 0 Å². The van der Waals surface area contributed by atoms with Gasteiger partial charge in [0.25, 0.3) is 0 Å². The number of ether oxygens (including phenoxy) is 1. The van der Waals surface area contributed by atoms with Crippen LogP contribution >= 0.6 is 0 Å². The van der Waals surface area contributed by atoms with Crippen molar-refractivity contribution in [3.8, 4) is 0 Å². The molecule has 21 heavy (non-hydrogen) atoms. The van der Waals surface area contributed by atoms with Gasteiger partial charge in [-0.15, -0.1) is 0 Å². The van der Waals surface area contributed by atoms with Crippen molar-refractivity contribution in [3.63, 3.8) is 0 Å². The minimum Gasteiger partial charge on any atom is -0.399 e. The minimum absolute atomic E-state index is 0.274. The van der Waals surface area contributed by atoms with Gasteiger partial charge in [0.2, 0.25) is 0 Å². The zero-order valence-electron chi connectivity index (χ0n) is 18.0. The van der Waals surface area contributed by atoms with E-state index < -0.39 is 37.0 Å². The second-order valence-corrected chi connectivity index (χ2v) is 6.43. The molecule has 2 aliphatic rings. The largest absolute Gasteiger partial charge is 0.494 e. The van der Waals surface area contributed by atoms with Crippen LogP contribution < -0.4 is 5.46 Å². The Balaban J connectivity index is 1.93. The lowest BCUT2D eigenvalue weighted by molar-refractivity contribution is 0.00578. The first-order valence-corrected chi connectivity index (χ1v) is 7.27. The van der Waals surface area contributed by atoms with Crippen molar-refractivity contribution in [1.82, 2.24) is 0 Å². The van der Waals surface area contributed by atoms with Crippen molar-refractivity contribution in [2.45, 2.75) is 57.5 Å². The maximum Gasteiger partial charge on any atom is 0.494 e. The van der Waals surface area contributed by atoms with Crippen molar-refractivity contribution >= 4 is 12.6 Å². The average Bonchev–Trinajstić information content (AvgIpc) is 2.73. The van der Waals surface area contributed by atoms with Crippen LogP contribution in [0.2, 0.25) is 0 Å². The Kier molecular flexibility index (Phi) is 2.59. The highest BCUT2D eigenvalue weighted by atomic mass is 16.7. The van der Waals surface area contributed by atoms with Crippen LogP contribution in [0.5, 0.6) is 0 Å². The Morgan fingerprint density at radius 1 is 1.05 bits per heavy atom. The van der Waals surface area contributed by atoms with Crippen LogP contribution in [0.25, 0.3) is 0 Å². The molecule has 2 saturated heterocycles. The first-order valence-electron chi connectivity index (χ1n) is 9.77. The second-order valence-electron chi connectivity index (χ2n) is 6.43. The maximum atomic E-state index is 8.68. The molecule has 0 aliphatic carbocycles. The highest BCUT2D eigenvalue weighted by Crippen LogP contribution is 2.36. The zero-order chi connectivity index (χ0) is 19.6. The van der Waals surface area contributed by atoms with Gasteiger partial charge in [-0.3, -0.25) is 0 Å². The standard InChI is InChI=1S/C17H25BO3/c1-16(2)17(3,4)21-18(20-16)15-7-5-13(6-8-15)14-9-11-19-12-10-14/h5-8,14H,9-12H2,1-4H3/i9D2,10D2,14D. The molecule has 0 bridgehead atoms. The highest BCUT2D eigenvalue weighted by Gasteiger charge is 2.51. The number of hydrogen-bond acceptors (Lipinski definition) is 3. The molecule has 3 nitrogen and oxygen atoms in total. The summed E-state index contributed by atoms with van der Waals surface area (Å²) < 4.78 is 58.4. The first-order chi connectivity index (χ1) is 11.7. The van der Waals surface area contributed by atoms with E-state index >= 15 is 0 Å². The van der Waals surface area contributed by atoms with Gasteiger partial charge in [0.05, 0.1) is 11.2 Å². The van der Waals surface area contributed by atoms with Gasteiger partial charge in [0.1, 0.15) is 0 Å². The molecule has 0 unspecified atom stereocenters. The molecule has 0 radical (unpaired) electrons. The van der Waals surface area contributed by atoms with Crippen LogP contribution in [0.15, 0.2) is 24.3 Å². The molecule has 0 amide bonds. The van der Waals surface area contributed by atoms with E-state index in [0.717, 1.165) is 5.46 Å². The predicted molar refractivity (Wildman–Crippen MR) is 85.0 cm³/mol. The molecule has 0 spiro atoms. The average molecular weight is 293 g/mol. The molecular formula is C17H25BO3. The van der Waals surface area contributed by atoms with E-state index in [0.29, 0.717) is 0 Å². The second kappa shape index (κ2) is 5.42. The molecule has 114 valence electrons. The summed E-state index contributed by atoms with van der Waals surface area (Å²) in [4.78, 5) is 0. The summed E-state index contributed by atoms with van der Waals surface area (Å²) in [6.45, 7) is 7.23. The van der Waals surface area contributed by atoms with E-state index in [2.05, 4.69) is 0 Å². The molecule has 2 aliphatic heterocycles. The Hall–Kier alpha value is -0.835. The lowest BCUT2D eigenvalue weighted by Gasteiger charge is -2.32. The van der Waals surface area contributed by atoms with E-state index in [-0.39, 0.29) is 18.8 Å². The SMILES string of the molecule is [2H]C1([2H])COCC([2H])([2H])C1([2H])c1ccc(B2OC(C)(C)C(C)(C)O2)cc1. The molecule has 2 fully saturated rings. The maximum absolute atomic E-state index is 8.68. The van der Waals surface area contributed by atoms with E-state index in [1.165, 1.54) is 0 Å². The van der Waals surface area contributed by atoms with Crippen molar-refractivity contribution in [3.05, 3.63) is 29.8 Å². The van der Waals surface area contributed by atoms with E-state index in [1.54, 1.807) is 24.3 Å². The third kappa shape index (κ3) is 2.89. The third-order valence-corrected chi connectivity index (χ3v) is 4.43. The lowest BCUT2D eigenvalue weighted by Crippen LogP contribution is -2.41. The van der Waals surface area contributed by atoms with Crippen LogP contribution in [0.3, 0.4) is 0 Å². The van der Waals surface area contributed by atoms with E-state index in [4.69, 9.17) is 20.9 Å². The molecule has 3 rings (SSSR count). The molecule has 4 heteroatoms. The highest BCUT2D eigenvalue weighted by molar-refractivity contribution is 6.62. The van der Waals surface area contributed by atoms with Gasteiger partial charge in [-0.25, -0.2) is 0 Å². The van der Waals surface area contributed by atoms with Gasteiger partial charge in [-0.05, 0) is 57.4 Å². The van der Waals surface area contributed by atoms with E-state index in [9.17, 15) is 0 Å². The molecule has 1 aromatic rings. The summed E-state index contributed by atoms with van der Waals surface area (Å²) in [5, 5.41) is 0. The Morgan fingerprint density at radius 3 is 2.10 bits per heavy atom. The summed E-state index contributed by atoms with van der Waals surface area (Å²) in [6.07, 6.45) is -4.30. The molecule has 0 atom stereocenters. The van der Waals surface area contributed by atoms with Crippen molar-refractivity contribution in [1.29, 1.82) is 0 Å². The molecular weight excluding hydrogens is 263 g/mol. The number of benzene rings is 1. The monoisotopic (exact) mass is 293 g/mol. The van der Waals surface area contributed by atoms with Gasteiger partial charge < -0.3 is 14.0 Å². The third-order valence-electron chi connectivity index (χ3n) is 4.43. The zero-order valence-corrected chi connectivity index (χ0v) is 13.0. The summed E-state index contributed by atoms with van der Waals surface area (Å²) in [5.41, 5.74) is 0.0890. The number of rotatable bonds is 2. The minimum atomic E-state index is -2.15. The molecule has 0 aromatic heterocycles. The predicted octanol–water partition coefficient (Wildman–Crippen LogP) is 2.88. The normalized spacial score (nSPS) is 35.0. The number of hydrogen-bond donors (Lipinski definition) is 0. The fraction of sp³-hybridized carbons (Fsp3) is 0.647. The fourth-order valence-corrected chi connectivity index (χ4v) is 2.35. The topological polar surface area (TPSA) is 27.7 Å². The smallest absolute Gasteiger partial charge is 0.399 e. The first kappa shape index (κ1) is 10.0.